The number of likely N-dealkylation sites (tertiary alicyclic amines) is 1. The summed E-state index contributed by atoms with van der Waals surface area (Å²) in [5, 5.41) is 0. The molecular formula is C17H21N3O2. The van der Waals surface area contributed by atoms with E-state index in [-0.39, 0.29) is 6.10 Å². The van der Waals surface area contributed by atoms with Crippen molar-refractivity contribution in [1.82, 2.24) is 9.88 Å². The molecule has 0 saturated carbocycles. The number of nitrogens with two attached hydrogens (primary N) is 1. The predicted octanol–water partition coefficient (Wildman–Crippen LogP) is 2.33. The molecule has 2 N–H and O–H groups in total. The van der Waals surface area contributed by atoms with Crippen LogP contribution in [-0.4, -0.2) is 36.2 Å². The van der Waals surface area contributed by atoms with Crippen molar-refractivity contribution in [2.75, 3.05) is 25.9 Å². The third kappa shape index (κ3) is 3.49. The molecule has 1 unspecified atom stereocenters. The van der Waals surface area contributed by atoms with E-state index in [0.29, 0.717) is 17.4 Å². The molecule has 0 spiro atoms. The average Bonchev–Trinajstić information content (AvgIpc) is 2.97. The number of methoxy groups -OCH3 is 1. The second-order valence-electron chi connectivity index (χ2n) is 5.50. The Morgan fingerprint density at radius 3 is 2.82 bits per heavy atom. The molecule has 1 aromatic heterocycles. The third-order valence-corrected chi connectivity index (χ3v) is 3.82. The van der Waals surface area contributed by atoms with E-state index in [9.17, 15) is 0 Å². The first-order valence-electron chi connectivity index (χ1n) is 7.48. The first kappa shape index (κ1) is 14.7. The summed E-state index contributed by atoms with van der Waals surface area (Å²) in [6, 6.07) is 14.0. The Morgan fingerprint density at radius 2 is 2.05 bits per heavy atom. The molecular weight excluding hydrogens is 278 g/mol. The van der Waals surface area contributed by atoms with Crippen molar-refractivity contribution in [3.8, 4) is 11.8 Å². The van der Waals surface area contributed by atoms with E-state index in [1.807, 2.05) is 6.07 Å². The molecule has 1 saturated heterocycles. The molecule has 1 fully saturated rings. The largest absolute Gasteiger partial charge is 0.479 e. The maximum atomic E-state index is 5.95. The van der Waals surface area contributed by atoms with Gasteiger partial charge in [-0.15, -0.1) is 0 Å². The Bertz CT molecular complexity index is 619. The fourth-order valence-electron chi connectivity index (χ4n) is 2.71. The zero-order valence-corrected chi connectivity index (χ0v) is 12.7. The van der Waals surface area contributed by atoms with Crippen molar-refractivity contribution in [2.45, 2.75) is 19.1 Å². The Balaban J connectivity index is 1.57. The molecule has 2 aromatic rings. The number of anilines is 1. The Hall–Kier alpha value is -2.27. The minimum Gasteiger partial charge on any atom is -0.479 e. The molecule has 1 atom stereocenters. The van der Waals surface area contributed by atoms with Gasteiger partial charge in [0.15, 0.2) is 0 Å². The quantitative estimate of drug-likeness (QED) is 0.918. The van der Waals surface area contributed by atoms with Gasteiger partial charge in [0, 0.05) is 25.7 Å². The number of rotatable bonds is 5. The second kappa shape index (κ2) is 6.66. The van der Waals surface area contributed by atoms with Gasteiger partial charge in [0.2, 0.25) is 11.8 Å². The standard InChI is InChI=1S/C17H21N3O2/c1-21-17-15(18)7-8-16(19-17)22-14-9-10-20(12-14)11-13-5-3-2-4-6-13/h2-8,14H,9-12,18H2,1H3. The Labute approximate surface area is 130 Å². The second-order valence-corrected chi connectivity index (χ2v) is 5.50. The zero-order chi connectivity index (χ0) is 15.4. The van der Waals surface area contributed by atoms with Crippen molar-refractivity contribution < 1.29 is 9.47 Å². The van der Waals surface area contributed by atoms with Crippen LogP contribution in [0.5, 0.6) is 11.8 Å². The van der Waals surface area contributed by atoms with Gasteiger partial charge in [0.05, 0.1) is 12.8 Å². The van der Waals surface area contributed by atoms with Gasteiger partial charge in [-0.3, -0.25) is 4.90 Å². The minimum absolute atomic E-state index is 0.157. The van der Waals surface area contributed by atoms with Crippen molar-refractivity contribution in [3.63, 3.8) is 0 Å². The summed E-state index contributed by atoms with van der Waals surface area (Å²) in [5.74, 6) is 0.981. The van der Waals surface area contributed by atoms with Crippen molar-refractivity contribution in [1.29, 1.82) is 0 Å². The lowest BCUT2D eigenvalue weighted by Gasteiger charge is -2.17. The molecule has 3 rings (SSSR count). The van der Waals surface area contributed by atoms with Crippen LogP contribution in [-0.2, 0) is 6.54 Å². The van der Waals surface area contributed by atoms with Gasteiger partial charge < -0.3 is 15.2 Å². The summed E-state index contributed by atoms with van der Waals surface area (Å²) in [6.45, 7) is 2.90. The van der Waals surface area contributed by atoms with Gasteiger partial charge in [-0.2, -0.15) is 4.98 Å². The summed E-state index contributed by atoms with van der Waals surface area (Å²) in [6.07, 6.45) is 1.16. The molecule has 0 bridgehead atoms. The molecule has 0 amide bonds. The number of hydrogen-bond donors (Lipinski definition) is 1. The van der Waals surface area contributed by atoms with Crippen molar-refractivity contribution >= 4 is 5.69 Å². The summed E-state index contributed by atoms with van der Waals surface area (Å²) < 4.78 is 11.1. The van der Waals surface area contributed by atoms with E-state index in [2.05, 4.69) is 34.1 Å². The number of nitrogen functional groups attached to an aromatic ring is 1. The lowest BCUT2D eigenvalue weighted by Crippen LogP contribution is -2.24. The van der Waals surface area contributed by atoms with Crippen molar-refractivity contribution in [3.05, 3.63) is 48.0 Å². The highest BCUT2D eigenvalue weighted by molar-refractivity contribution is 5.49. The molecule has 5 nitrogen and oxygen atoms in total. The maximum Gasteiger partial charge on any atom is 0.240 e. The van der Waals surface area contributed by atoms with E-state index in [0.717, 1.165) is 26.1 Å². The number of hydrogen-bond acceptors (Lipinski definition) is 5. The highest BCUT2D eigenvalue weighted by Gasteiger charge is 2.24. The van der Waals surface area contributed by atoms with Crippen LogP contribution in [0.2, 0.25) is 0 Å². The van der Waals surface area contributed by atoms with Crippen LogP contribution in [0.15, 0.2) is 42.5 Å². The van der Waals surface area contributed by atoms with Gasteiger partial charge in [-0.1, -0.05) is 30.3 Å². The van der Waals surface area contributed by atoms with Crippen molar-refractivity contribution in [2.24, 2.45) is 0 Å². The lowest BCUT2D eigenvalue weighted by atomic mass is 10.2. The van der Waals surface area contributed by atoms with E-state index >= 15 is 0 Å². The minimum atomic E-state index is 0.157. The summed E-state index contributed by atoms with van der Waals surface area (Å²) in [4.78, 5) is 6.67. The highest BCUT2D eigenvalue weighted by Crippen LogP contribution is 2.24. The first-order chi connectivity index (χ1) is 10.7. The summed E-state index contributed by atoms with van der Waals surface area (Å²) in [5.41, 5.74) is 7.61. The molecule has 22 heavy (non-hydrogen) atoms. The average molecular weight is 299 g/mol. The van der Waals surface area contributed by atoms with Gasteiger partial charge in [-0.25, -0.2) is 0 Å². The van der Waals surface area contributed by atoms with Gasteiger partial charge in [0.25, 0.3) is 0 Å². The van der Waals surface area contributed by atoms with Crippen LogP contribution >= 0.6 is 0 Å². The van der Waals surface area contributed by atoms with Crippen LogP contribution in [0.25, 0.3) is 0 Å². The molecule has 5 heteroatoms. The van der Waals surface area contributed by atoms with E-state index in [1.165, 1.54) is 5.56 Å². The SMILES string of the molecule is COc1nc(OC2CCN(Cc3ccccc3)C2)ccc1N. The maximum absolute atomic E-state index is 5.95. The smallest absolute Gasteiger partial charge is 0.240 e. The molecule has 1 aliphatic rings. The van der Waals surface area contributed by atoms with Gasteiger partial charge in [-0.05, 0) is 18.1 Å². The third-order valence-electron chi connectivity index (χ3n) is 3.82. The van der Waals surface area contributed by atoms with E-state index in [1.54, 1.807) is 19.2 Å². The number of pyridine rings is 1. The number of benzene rings is 1. The first-order valence-corrected chi connectivity index (χ1v) is 7.48. The number of nitrogens with zero attached hydrogens (tertiary/aromatic N) is 2. The van der Waals surface area contributed by atoms with E-state index in [4.69, 9.17) is 15.2 Å². The van der Waals surface area contributed by atoms with Crippen LogP contribution in [0.3, 0.4) is 0 Å². The lowest BCUT2D eigenvalue weighted by molar-refractivity contribution is 0.189. The monoisotopic (exact) mass is 299 g/mol. The molecule has 116 valence electrons. The van der Waals surface area contributed by atoms with Crippen LogP contribution in [0.4, 0.5) is 5.69 Å². The Morgan fingerprint density at radius 1 is 1.23 bits per heavy atom. The molecule has 1 aliphatic heterocycles. The van der Waals surface area contributed by atoms with Crippen LogP contribution in [0, 0.1) is 0 Å². The number of ether oxygens (including phenoxy) is 2. The topological polar surface area (TPSA) is 60.6 Å². The van der Waals surface area contributed by atoms with Crippen LogP contribution in [0.1, 0.15) is 12.0 Å². The molecule has 0 aliphatic carbocycles. The van der Waals surface area contributed by atoms with Crippen LogP contribution < -0.4 is 15.2 Å². The predicted molar refractivity (Wildman–Crippen MR) is 86.0 cm³/mol. The van der Waals surface area contributed by atoms with E-state index < -0.39 is 0 Å². The van der Waals surface area contributed by atoms with Gasteiger partial charge in [0.1, 0.15) is 6.10 Å². The Kier molecular flexibility index (Phi) is 4.44. The number of aromatic nitrogens is 1. The fraction of sp³-hybridized carbons (Fsp3) is 0.353. The zero-order valence-electron chi connectivity index (χ0n) is 12.7. The molecule has 1 aromatic carbocycles. The fourth-order valence-corrected chi connectivity index (χ4v) is 2.71. The summed E-state index contributed by atoms with van der Waals surface area (Å²) in [7, 11) is 1.56. The highest BCUT2D eigenvalue weighted by atomic mass is 16.5. The summed E-state index contributed by atoms with van der Waals surface area (Å²) >= 11 is 0. The molecule has 2 heterocycles. The van der Waals surface area contributed by atoms with Gasteiger partial charge >= 0.3 is 0 Å². The normalized spacial score (nSPS) is 18.3. The molecule has 0 radical (unpaired) electrons.